The molecule has 4 nitrogen and oxygen atoms in total. The van der Waals surface area contributed by atoms with Crippen LogP contribution in [0.3, 0.4) is 0 Å². The van der Waals surface area contributed by atoms with Crippen molar-refractivity contribution < 1.29 is 14.7 Å². The quantitative estimate of drug-likeness (QED) is 0.859. The first kappa shape index (κ1) is 15.6. The highest BCUT2D eigenvalue weighted by Gasteiger charge is 2.30. The monoisotopic (exact) mass is 327 g/mol. The maximum atomic E-state index is 12.7. The van der Waals surface area contributed by atoms with Crippen molar-refractivity contribution >= 4 is 29.3 Å². The van der Waals surface area contributed by atoms with Gasteiger partial charge in [0.2, 0.25) is 0 Å². The molecule has 1 aromatic carbocycles. The Labute approximate surface area is 139 Å². The Kier molecular flexibility index (Phi) is 4.39. The lowest BCUT2D eigenvalue weighted by molar-refractivity contribution is -0.136. The molecule has 0 unspecified atom stereocenters. The number of carboxylic acid groups (broad SMARTS) is 1. The summed E-state index contributed by atoms with van der Waals surface area (Å²) in [7, 11) is 0. The van der Waals surface area contributed by atoms with Crippen molar-refractivity contribution in [3.05, 3.63) is 58.5 Å². The Balaban J connectivity index is 1.98. The average molecular weight is 327 g/mol. The molecule has 0 saturated heterocycles. The van der Waals surface area contributed by atoms with Crippen LogP contribution < -0.4 is 4.90 Å². The minimum absolute atomic E-state index is 0.247. The van der Waals surface area contributed by atoms with E-state index >= 15 is 0 Å². The lowest BCUT2D eigenvalue weighted by atomic mass is 9.99. The van der Waals surface area contributed by atoms with Crippen molar-refractivity contribution in [2.24, 2.45) is 0 Å². The number of para-hydroxylation sites is 1. The molecular formula is C18H17NO3S. The van der Waals surface area contributed by atoms with E-state index in [-0.39, 0.29) is 12.5 Å². The van der Waals surface area contributed by atoms with Crippen molar-refractivity contribution in [1.82, 2.24) is 0 Å². The maximum Gasteiger partial charge on any atom is 0.323 e. The highest BCUT2D eigenvalue weighted by molar-refractivity contribution is 8.04. The molecule has 5 heteroatoms. The number of allylic oxidation sites excluding steroid dienone is 5. The lowest BCUT2D eigenvalue weighted by Gasteiger charge is -2.29. The minimum Gasteiger partial charge on any atom is -0.480 e. The fourth-order valence-electron chi connectivity index (χ4n) is 2.60. The van der Waals surface area contributed by atoms with Crippen molar-refractivity contribution in [2.45, 2.75) is 24.7 Å². The van der Waals surface area contributed by atoms with Crippen LogP contribution >= 0.6 is 11.8 Å². The first-order valence-electron chi connectivity index (χ1n) is 7.43. The second kappa shape index (κ2) is 6.46. The molecule has 0 atom stereocenters. The standard InChI is InChI=1S/C18H17NO3S/c1-12-6-8-13(9-7-12)10-16-18(22)19(11-17(20)21)14-4-2-3-5-15(14)23-16/h2-6,8,10H,7,9,11H2,1H3,(H,20,21)/b16-10-. The number of carboxylic acids is 1. The molecule has 2 aliphatic rings. The van der Waals surface area contributed by atoms with Gasteiger partial charge in [-0.05, 0) is 43.5 Å². The fraction of sp³-hybridized carbons (Fsp3) is 0.222. The van der Waals surface area contributed by atoms with E-state index in [1.807, 2.05) is 30.4 Å². The molecule has 1 N–H and O–H groups in total. The van der Waals surface area contributed by atoms with Gasteiger partial charge in [-0.25, -0.2) is 0 Å². The summed E-state index contributed by atoms with van der Waals surface area (Å²) in [6.07, 6.45) is 7.88. The fourth-order valence-corrected chi connectivity index (χ4v) is 3.67. The highest BCUT2D eigenvalue weighted by atomic mass is 32.2. The van der Waals surface area contributed by atoms with Gasteiger partial charge in [-0.1, -0.05) is 41.6 Å². The van der Waals surface area contributed by atoms with Crippen LogP contribution in [0.2, 0.25) is 0 Å². The van der Waals surface area contributed by atoms with Gasteiger partial charge in [0.25, 0.3) is 5.91 Å². The van der Waals surface area contributed by atoms with Crippen LogP contribution in [0, 0.1) is 0 Å². The van der Waals surface area contributed by atoms with Gasteiger partial charge in [-0.2, -0.15) is 0 Å². The maximum absolute atomic E-state index is 12.7. The Morgan fingerprint density at radius 1 is 1.30 bits per heavy atom. The number of nitrogens with zero attached hydrogens (tertiary/aromatic N) is 1. The number of aliphatic carboxylic acids is 1. The first-order valence-corrected chi connectivity index (χ1v) is 8.25. The molecule has 3 rings (SSSR count). The van der Waals surface area contributed by atoms with Gasteiger partial charge in [-0.15, -0.1) is 0 Å². The summed E-state index contributed by atoms with van der Waals surface area (Å²) < 4.78 is 0. The molecule has 0 bridgehead atoms. The lowest BCUT2D eigenvalue weighted by Crippen LogP contribution is -2.38. The number of benzene rings is 1. The summed E-state index contributed by atoms with van der Waals surface area (Å²) in [5.74, 6) is -1.27. The molecular weight excluding hydrogens is 310 g/mol. The number of hydrogen-bond acceptors (Lipinski definition) is 3. The molecule has 1 aliphatic heterocycles. The highest BCUT2D eigenvalue weighted by Crippen LogP contribution is 2.41. The van der Waals surface area contributed by atoms with E-state index < -0.39 is 5.97 Å². The molecule has 23 heavy (non-hydrogen) atoms. The molecule has 0 aromatic heterocycles. The summed E-state index contributed by atoms with van der Waals surface area (Å²) in [5, 5.41) is 9.11. The zero-order chi connectivity index (χ0) is 16.4. The van der Waals surface area contributed by atoms with E-state index in [1.54, 1.807) is 6.07 Å². The number of carbonyl (C=O) groups excluding carboxylic acids is 1. The predicted molar refractivity (Wildman–Crippen MR) is 91.4 cm³/mol. The molecule has 0 radical (unpaired) electrons. The van der Waals surface area contributed by atoms with E-state index in [4.69, 9.17) is 5.11 Å². The van der Waals surface area contributed by atoms with Crippen molar-refractivity contribution in [3.8, 4) is 0 Å². The molecule has 118 valence electrons. The number of hydrogen-bond donors (Lipinski definition) is 1. The van der Waals surface area contributed by atoms with Gasteiger partial charge in [0.1, 0.15) is 6.54 Å². The summed E-state index contributed by atoms with van der Waals surface area (Å²) in [5.41, 5.74) is 3.09. The van der Waals surface area contributed by atoms with E-state index in [2.05, 4.69) is 13.0 Å². The number of thioether (sulfide) groups is 1. The molecule has 1 heterocycles. The van der Waals surface area contributed by atoms with Crippen LogP contribution in [-0.4, -0.2) is 23.5 Å². The summed E-state index contributed by atoms with van der Waals surface area (Å²) in [4.78, 5) is 26.6. The van der Waals surface area contributed by atoms with Gasteiger partial charge < -0.3 is 5.11 Å². The van der Waals surface area contributed by atoms with E-state index in [9.17, 15) is 9.59 Å². The normalized spacial score (nSPS) is 19.3. The number of amides is 1. The van der Waals surface area contributed by atoms with Crippen LogP contribution in [0.15, 0.2) is 63.4 Å². The summed E-state index contributed by atoms with van der Waals surface area (Å²) in [6, 6.07) is 7.40. The third kappa shape index (κ3) is 3.40. The zero-order valence-electron chi connectivity index (χ0n) is 12.8. The Bertz CT molecular complexity index is 761. The Morgan fingerprint density at radius 3 is 2.78 bits per heavy atom. The first-order chi connectivity index (χ1) is 11.0. The van der Waals surface area contributed by atoms with E-state index in [0.717, 1.165) is 23.3 Å². The molecule has 0 spiro atoms. The molecule has 1 aliphatic carbocycles. The smallest absolute Gasteiger partial charge is 0.323 e. The van der Waals surface area contributed by atoms with Crippen molar-refractivity contribution in [1.29, 1.82) is 0 Å². The van der Waals surface area contributed by atoms with Gasteiger partial charge in [-0.3, -0.25) is 14.5 Å². The molecule has 0 fully saturated rings. The number of carbonyl (C=O) groups is 2. The van der Waals surface area contributed by atoms with Crippen LogP contribution in [0.25, 0.3) is 0 Å². The third-order valence-electron chi connectivity index (χ3n) is 3.83. The van der Waals surface area contributed by atoms with Crippen LogP contribution in [0.4, 0.5) is 5.69 Å². The Morgan fingerprint density at radius 2 is 2.09 bits per heavy atom. The Hall–Kier alpha value is -2.27. The largest absolute Gasteiger partial charge is 0.480 e. The van der Waals surface area contributed by atoms with E-state index in [0.29, 0.717) is 10.6 Å². The van der Waals surface area contributed by atoms with Crippen LogP contribution in [0.5, 0.6) is 0 Å². The third-order valence-corrected chi connectivity index (χ3v) is 4.91. The van der Waals surface area contributed by atoms with Crippen LogP contribution in [0.1, 0.15) is 19.8 Å². The number of rotatable bonds is 3. The molecule has 1 aromatic rings. The summed E-state index contributed by atoms with van der Waals surface area (Å²) in [6.45, 7) is 1.76. The average Bonchev–Trinajstić information content (AvgIpc) is 2.53. The minimum atomic E-state index is -1.02. The van der Waals surface area contributed by atoms with Gasteiger partial charge in [0, 0.05) is 4.90 Å². The molecule has 0 saturated carbocycles. The van der Waals surface area contributed by atoms with Crippen molar-refractivity contribution in [2.75, 3.05) is 11.4 Å². The van der Waals surface area contributed by atoms with Crippen LogP contribution in [-0.2, 0) is 9.59 Å². The van der Waals surface area contributed by atoms with Crippen molar-refractivity contribution in [3.63, 3.8) is 0 Å². The summed E-state index contributed by atoms with van der Waals surface area (Å²) >= 11 is 1.41. The van der Waals surface area contributed by atoms with Gasteiger partial charge in [0.15, 0.2) is 0 Å². The zero-order valence-corrected chi connectivity index (χ0v) is 13.6. The second-order valence-electron chi connectivity index (χ2n) is 5.62. The number of fused-ring (bicyclic) bond motifs is 1. The van der Waals surface area contributed by atoms with Gasteiger partial charge >= 0.3 is 5.97 Å². The second-order valence-corrected chi connectivity index (χ2v) is 6.70. The van der Waals surface area contributed by atoms with E-state index in [1.165, 1.54) is 22.2 Å². The molecule has 1 amide bonds. The topological polar surface area (TPSA) is 57.6 Å². The SMILES string of the molecule is CC1=CC=C(/C=C2\Sc3ccccc3N(CC(=O)O)C2=O)CC1. The van der Waals surface area contributed by atoms with Gasteiger partial charge in [0.05, 0.1) is 10.6 Å². The predicted octanol–water partition coefficient (Wildman–Crippen LogP) is 3.76. The number of anilines is 1.